The van der Waals surface area contributed by atoms with E-state index in [1.165, 1.54) is 5.56 Å². The minimum absolute atomic E-state index is 0.780. The molecule has 96 valence electrons. The number of hydrogen-bond donors (Lipinski definition) is 1. The zero-order valence-electron chi connectivity index (χ0n) is 10.9. The Kier molecular flexibility index (Phi) is 3.19. The van der Waals surface area contributed by atoms with Gasteiger partial charge in [0.25, 0.3) is 0 Å². The zero-order chi connectivity index (χ0) is 13.1. The second-order valence-corrected chi connectivity index (χ2v) is 4.62. The van der Waals surface area contributed by atoms with E-state index in [0.717, 1.165) is 35.6 Å². The molecule has 3 aromatic rings. The van der Waals surface area contributed by atoms with Crippen LogP contribution in [0.25, 0.3) is 11.1 Å². The maximum atomic E-state index is 5.71. The number of aryl methyl sites for hydroxylation is 1. The van der Waals surface area contributed by atoms with E-state index >= 15 is 0 Å². The lowest BCUT2D eigenvalue weighted by atomic mass is 10.2. The van der Waals surface area contributed by atoms with Crippen molar-refractivity contribution in [2.45, 2.75) is 13.3 Å². The largest absolute Gasteiger partial charge is 0.441 e. The van der Waals surface area contributed by atoms with E-state index in [1.54, 1.807) is 0 Å². The molecule has 0 unspecified atom stereocenters. The quantitative estimate of drug-likeness (QED) is 0.767. The Labute approximate surface area is 112 Å². The van der Waals surface area contributed by atoms with Crippen molar-refractivity contribution in [3.8, 4) is 0 Å². The van der Waals surface area contributed by atoms with Crippen LogP contribution in [0.15, 0.2) is 52.9 Å². The third-order valence-electron chi connectivity index (χ3n) is 3.03. The summed E-state index contributed by atoms with van der Waals surface area (Å²) in [6.07, 6.45) is 0.780. The van der Waals surface area contributed by atoms with E-state index in [1.807, 2.05) is 36.4 Å². The Morgan fingerprint density at radius 3 is 2.79 bits per heavy atom. The molecule has 1 N–H and O–H groups in total. The molecule has 0 fully saturated rings. The predicted octanol–water partition coefficient (Wildman–Crippen LogP) is 3.79. The van der Waals surface area contributed by atoms with Crippen LogP contribution in [0, 0.1) is 6.92 Å². The summed E-state index contributed by atoms with van der Waals surface area (Å²) >= 11 is 0. The van der Waals surface area contributed by atoms with E-state index in [0.29, 0.717) is 0 Å². The highest BCUT2D eigenvalue weighted by molar-refractivity contribution is 5.73. The van der Waals surface area contributed by atoms with Crippen LogP contribution in [0.5, 0.6) is 0 Å². The lowest BCUT2D eigenvalue weighted by Gasteiger charge is -2.03. The highest BCUT2D eigenvalue weighted by Gasteiger charge is 2.05. The van der Waals surface area contributed by atoms with Crippen molar-refractivity contribution in [2.75, 3.05) is 11.9 Å². The minimum Gasteiger partial charge on any atom is -0.441 e. The lowest BCUT2D eigenvalue weighted by Crippen LogP contribution is -2.04. The average Bonchev–Trinajstić information content (AvgIpc) is 2.82. The number of nitrogens with zero attached hydrogens (tertiary/aromatic N) is 1. The second kappa shape index (κ2) is 5.14. The maximum Gasteiger partial charge on any atom is 0.197 e. The van der Waals surface area contributed by atoms with Gasteiger partial charge in [-0.15, -0.1) is 0 Å². The van der Waals surface area contributed by atoms with Gasteiger partial charge in [0, 0.05) is 18.7 Å². The molecule has 0 radical (unpaired) electrons. The smallest absolute Gasteiger partial charge is 0.197 e. The number of nitrogens with one attached hydrogen (secondary N) is 1. The minimum atomic E-state index is 0.780. The van der Waals surface area contributed by atoms with Gasteiger partial charge in [-0.25, -0.2) is 4.98 Å². The number of para-hydroxylation sites is 1. The molecule has 0 saturated heterocycles. The van der Waals surface area contributed by atoms with Crippen molar-refractivity contribution in [2.24, 2.45) is 0 Å². The zero-order valence-corrected chi connectivity index (χ0v) is 10.9. The third kappa shape index (κ3) is 2.76. The Hall–Kier alpha value is -2.29. The molecule has 0 atom stereocenters. The number of benzene rings is 2. The number of rotatable bonds is 4. The second-order valence-electron chi connectivity index (χ2n) is 4.62. The lowest BCUT2D eigenvalue weighted by molar-refractivity contribution is 0.534. The van der Waals surface area contributed by atoms with Gasteiger partial charge in [0.05, 0.1) is 0 Å². The molecule has 3 heteroatoms. The molecule has 0 aliphatic heterocycles. The number of oxazole rings is 1. The molecule has 1 aromatic heterocycles. The molecule has 0 bridgehead atoms. The van der Waals surface area contributed by atoms with Crippen molar-refractivity contribution in [1.82, 2.24) is 4.98 Å². The van der Waals surface area contributed by atoms with Crippen LogP contribution in [0.1, 0.15) is 11.5 Å². The third-order valence-corrected chi connectivity index (χ3v) is 3.03. The first kappa shape index (κ1) is 11.8. The van der Waals surface area contributed by atoms with Crippen LogP contribution in [0.3, 0.4) is 0 Å². The number of anilines is 1. The molecule has 0 amide bonds. The molecule has 3 nitrogen and oxygen atoms in total. The Balaban J connectivity index is 1.65. The maximum absolute atomic E-state index is 5.71. The van der Waals surface area contributed by atoms with Crippen LogP contribution >= 0.6 is 0 Å². The van der Waals surface area contributed by atoms with Crippen LogP contribution in [0.4, 0.5) is 5.69 Å². The van der Waals surface area contributed by atoms with Crippen LogP contribution in [-0.4, -0.2) is 11.5 Å². The van der Waals surface area contributed by atoms with Gasteiger partial charge in [0.1, 0.15) is 5.52 Å². The molecule has 0 aliphatic carbocycles. The first-order valence-corrected chi connectivity index (χ1v) is 6.46. The van der Waals surface area contributed by atoms with E-state index in [-0.39, 0.29) is 0 Å². The summed E-state index contributed by atoms with van der Waals surface area (Å²) in [4.78, 5) is 4.50. The summed E-state index contributed by atoms with van der Waals surface area (Å²) in [5.41, 5.74) is 4.12. The number of fused-ring (bicyclic) bond motifs is 1. The van der Waals surface area contributed by atoms with Crippen molar-refractivity contribution in [3.63, 3.8) is 0 Å². The van der Waals surface area contributed by atoms with Gasteiger partial charge < -0.3 is 9.73 Å². The fourth-order valence-electron chi connectivity index (χ4n) is 2.06. The summed E-state index contributed by atoms with van der Waals surface area (Å²) in [5.74, 6) is 0.782. The summed E-state index contributed by atoms with van der Waals surface area (Å²) in [6, 6.07) is 16.2. The molecule has 19 heavy (non-hydrogen) atoms. The molecule has 1 heterocycles. The molecular formula is C16H16N2O. The fourth-order valence-corrected chi connectivity index (χ4v) is 2.06. The molecule has 0 saturated carbocycles. The average molecular weight is 252 g/mol. The van der Waals surface area contributed by atoms with Crippen LogP contribution in [-0.2, 0) is 6.42 Å². The van der Waals surface area contributed by atoms with Gasteiger partial charge in [-0.1, -0.05) is 24.3 Å². The predicted molar refractivity (Wildman–Crippen MR) is 77.4 cm³/mol. The molecular weight excluding hydrogens is 236 g/mol. The monoisotopic (exact) mass is 252 g/mol. The highest BCUT2D eigenvalue weighted by Crippen LogP contribution is 2.17. The van der Waals surface area contributed by atoms with Gasteiger partial charge >= 0.3 is 0 Å². The van der Waals surface area contributed by atoms with Crippen molar-refractivity contribution < 1.29 is 4.42 Å². The first-order valence-electron chi connectivity index (χ1n) is 6.46. The Morgan fingerprint density at radius 2 is 1.95 bits per heavy atom. The molecule has 3 rings (SSSR count). The van der Waals surface area contributed by atoms with Gasteiger partial charge in [0.15, 0.2) is 11.5 Å². The van der Waals surface area contributed by atoms with E-state index in [9.17, 15) is 0 Å². The van der Waals surface area contributed by atoms with E-state index in [4.69, 9.17) is 4.42 Å². The summed E-state index contributed by atoms with van der Waals surface area (Å²) in [6.45, 7) is 2.88. The summed E-state index contributed by atoms with van der Waals surface area (Å²) in [5, 5.41) is 3.35. The standard InChI is InChI=1S/C16H16N2O/c1-12-7-8-15-14(11-12)18-16(19-15)9-10-17-13-5-3-2-4-6-13/h2-8,11,17H,9-10H2,1H3. The van der Waals surface area contributed by atoms with Crippen molar-refractivity contribution >= 4 is 16.8 Å². The fraction of sp³-hybridized carbons (Fsp3) is 0.188. The Morgan fingerprint density at radius 1 is 1.11 bits per heavy atom. The number of aromatic nitrogens is 1. The van der Waals surface area contributed by atoms with Crippen LogP contribution in [0.2, 0.25) is 0 Å². The Bertz CT molecular complexity index is 674. The summed E-state index contributed by atoms with van der Waals surface area (Å²) in [7, 11) is 0. The molecule has 0 spiro atoms. The van der Waals surface area contributed by atoms with Crippen molar-refractivity contribution in [3.05, 3.63) is 60.0 Å². The van der Waals surface area contributed by atoms with E-state index in [2.05, 4.69) is 29.4 Å². The van der Waals surface area contributed by atoms with Gasteiger partial charge in [0.2, 0.25) is 0 Å². The molecule has 0 aliphatic rings. The normalized spacial score (nSPS) is 10.8. The van der Waals surface area contributed by atoms with Crippen LogP contribution < -0.4 is 5.32 Å². The SMILES string of the molecule is Cc1ccc2oc(CCNc3ccccc3)nc2c1. The van der Waals surface area contributed by atoms with E-state index < -0.39 is 0 Å². The molecule has 2 aromatic carbocycles. The van der Waals surface area contributed by atoms with Gasteiger partial charge in [-0.05, 0) is 36.8 Å². The first-order chi connectivity index (χ1) is 9.31. The summed E-state index contributed by atoms with van der Waals surface area (Å²) < 4.78 is 5.71. The van der Waals surface area contributed by atoms with Gasteiger partial charge in [-0.2, -0.15) is 0 Å². The number of hydrogen-bond acceptors (Lipinski definition) is 3. The van der Waals surface area contributed by atoms with Crippen molar-refractivity contribution in [1.29, 1.82) is 0 Å². The van der Waals surface area contributed by atoms with Gasteiger partial charge in [-0.3, -0.25) is 0 Å². The topological polar surface area (TPSA) is 38.1 Å². The highest BCUT2D eigenvalue weighted by atomic mass is 16.3.